The zero-order valence-corrected chi connectivity index (χ0v) is 5.84. The Hall–Kier alpha value is -1.42. The minimum atomic E-state index is 0.250. The number of nitrogens with one attached hydrogen (secondary N) is 1. The van der Waals surface area contributed by atoms with Gasteiger partial charge in [0.05, 0.1) is 0 Å². The molecule has 0 saturated heterocycles. The van der Waals surface area contributed by atoms with Crippen LogP contribution >= 0.6 is 12.6 Å². The fourth-order valence-corrected chi connectivity index (χ4v) is 0.244. The van der Waals surface area contributed by atoms with Gasteiger partial charge in [-0.25, -0.2) is 5.10 Å². The minimum absolute atomic E-state index is 0.250. The molecule has 5 N–H and O–H groups in total. The van der Waals surface area contributed by atoms with Crippen LogP contribution in [0.2, 0.25) is 0 Å². The molecular formula is C3H6N6S. The van der Waals surface area contributed by atoms with Crippen LogP contribution in [0.25, 0.3) is 0 Å². The molecule has 0 amide bonds. The lowest BCUT2D eigenvalue weighted by Crippen LogP contribution is -1.91. The lowest BCUT2D eigenvalue weighted by molar-refractivity contribution is 0.946. The fraction of sp³-hybridized carbons (Fsp3) is 0. The molecule has 1 rings (SSSR count). The highest BCUT2D eigenvalue weighted by atomic mass is 32.1. The number of aromatic nitrogens is 3. The van der Waals surface area contributed by atoms with Crippen molar-refractivity contribution in [3.05, 3.63) is 0 Å². The number of aromatic amines is 1. The van der Waals surface area contributed by atoms with E-state index in [1.165, 1.54) is 5.40 Å². The molecule has 0 saturated carbocycles. The van der Waals surface area contributed by atoms with Crippen molar-refractivity contribution >= 4 is 24.3 Å². The molecule has 1 aromatic heterocycles. The first-order chi connectivity index (χ1) is 4.72. The molecule has 1 heterocycles. The van der Waals surface area contributed by atoms with Crippen LogP contribution in [-0.2, 0) is 0 Å². The van der Waals surface area contributed by atoms with E-state index < -0.39 is 0 Å². The Bertz CT molecular complexity index is 207. The number of nitriles is 1. The summed E-state index contributed by atoms with van der Waals surface area (Å²) in [6.45, 7) is 0. The average Bonchev–Trinajstić information content (AvgIpc) is 2.19. The minimum Gasteiger partial charge on any atom is -0.381 e. The van der Waals surface area contributed by atoms with Gasteiger partial charge in [0.1, 0.15) is 5.40 Å². The highest BCUT2D eigenvalue weighted by Gasteiger charge is 1.91. The summed E-state index contributed by atoms with van der Waals surface area (Å²) < 4.78 is 0. The van der Waals surface area contributed by atoms with Gasteiger partial charge in [-0.2, -0.15) is 5.26 Å². The Morgan fingerprint density at radius 1 is 1.60 bits per heavy atom. The number of hydrogen-bond donors (Lipinski definition) is 4. The lowest BCUT2D eigenvalue weighted by atomic mass is 10.7. The van der Waals surface area contributed by atoms with Crippen molar-refractivity contribution in [1.29, 1.82) is 5.26 Å². The van der Waals surface area contributed by atoms with Crippen LogP contribution in [0.3, 0.4) is 0 Å². The van der Waals surface area contributed by atoms with Gasteiger partial charge in [-0.15, -0.1) is 5.10 Å². The number of nitrogens with zero attached hydrogens (tertiary/aromatic N) is 3. The Labute approximate surface area is 62.6 Å². The number of rotatable bonds is 0. The highest BCUT2D eigenvalue weighted by Crippen LogP contribution is 2.00. The molecule has 0 aliphatic rings. The largest absolute Gasteiger partial charge is 0.381 e. The second kappa shape index (κ2) is 4.46. The summed E-state index contributed by atoms with van der Waals surface area (Å²) in [6.07, 6.45) is 0. The molecule has 0 aliphatic carbocycles. The van der Waals surface area contributed by atoms with Crippen molar-refractivity contribution in [3.63, 3.8) is 0 Å². The molecular weight excluding hydrogens is 152 g/mol. The van der Waals surface area contributed by atoms with Gasteiger partial charge in [-0.05, 0) is 0 Å². The standard InChI is InChI=1S/C2H5N5.CHNS/c3-1-2(4)6-7-5-1;2-1-3/h(H5,3,4,5,6,7);3H. The number of thiol groups is 1. The summed E-state index contributed by atoms with van der Waals surface area (Å²) in [5, 5.41) is 17.6. The summed E-state index contributed by atoms with van der Waals surface area (Å²) in [5.41, 5.74) is 10.2. The quantitative estimate of drug-likeness (QED) is 0.296. The molecule has 0 fully saturated rings. The molecule has 54 valence electrons. The van der Waals surface area contributed by atoms with Crippen LogP contribution in [0, 0.1) is 10.7 Å². The first kappa shape index (κ1) is 8.58. The Morgan fingerprint density at radius 3 is 2.20 bits per heavy atom. The second-order valence-corrected chi connectivity index (χ2v) is 1.41. The molecule has 7 heteroatoms. The smallest absolute Gasteiger partial charge is 0.189 e. The summed E-state index contributed by atoms with van der Waals surface area (Å²) in [6, 6.07) is 0. The Kier molecular flexibility index (Phi) is 3.83. The van der Waals surface area contributed by atoms with Crippen molar-refractivity contribution in [2.45, 2.75) is 0 Å². The predicted molar refractivity (Wildman–Crippen MR) is 39.8 cm³/mol. The fourth-order valence-electron chi connectivity index (χ4n) is 0.244. The molecule has 0 spiro atoms. The van der Waals surface area contributed by atoms with E-state index in [0.717, 1.165) is 0 Å². The number of H-pyrrole nitrogens is 1. The van der Waals surface area contributed by atoms with Gasteiger partial charge in [0.2, 0.25) is 0 Å². The summed E-state index contributed by atoms with van der Waals surface area (Å²) in [5.74, 6) is 0.569. The molecule has 0 bridgehead atoms. The zero-order valence-electron chi connectivity index (χ0n) is 4.94. The number of thiocyanates is 1. The maximum atomic E-state index is 7.18. The highest BCUT2D eigenvalue weighted by molar-refractivity contribution is 7.85. The molecule has 0 radical (unpaired) electrons. The van der Waals surface area contributed by atoms with Crippen molar-refractivity contribution in [2.75, 3.05) is 11.5 Å². The van der Waals surface area contributed by atoms with Crippen LogP contribution in [-0.4, -0.2) is 15.4 Å². The first-order valence-electron chi connectivity index (χ1n) is 2.17. The van der Waals surface area contributed by atoms with E-state index in [0.29, 0.717) is 5.82 Å². The summed E-state index contributed by atoms with van der Waals surface area (Å²) >= 11 is 3.09. The van der Waals surface area contributed by atoms with Crippen LogP contribution in [0.15, 0.2) is 0 Å². The predicted octanol–water partition coefficient (Wildman–Crippen LogP) is -0.634. The van der Waals surface area contributed by atoms with Crippen molar-refractivity contribution in [2.24, 2.45) is 0 Å². The number of nitrogen functional groups attached to an aromatic ring is 2. The van der Waals surface area contributed by atoms with Gasteiger partial charge < -0.3 is 11.5 Å². The zero-order chi connectivity index (χ0) is 7.98. The molecule has 0 unspecified atom stereocenters. The van der Waals surface area contributed by atoms with Crippen molar-refractivity contribution in [1.82, 2.24) is 15.4 Å². The number of nitrogens with two attached hydrogens (primary N) is 2. The average molecular weight is 158 g/mol. The Morgan fingerprint density at radius 2 is 2.10 bits per heavy atom. The van der Waals surface area contributed by atoms with Crippen molar-refractivity contribution < 1.29 is 0 Å². The van der Waals surface area contributed by atoms with Crippen LogP contribution in [0.1, 0.15) is 0 Å². The van der Waals surface area contributed by atoms with Gasteiger partial charge in [0, 0.05) is 0 Å². The number of anilines is 2. The van der Waals surface area contributed by atoms with Gasteiger partial charge >= 0.3 is 0 Å². The molecule has 10 heavy (non-hydrogen) atoms. The molecule has 0 atom stereocenters. The first-order valence-corrected chi connectivity index (χ1v) is 2.62. The van der Waals surface area contributed by atoms with Crippen molar-refractivity contribution in [3.8, 4) is 5.40 Å². The van der Waals surface area contributed by atoms with Gasteiger partial charge in [-0.1, -0.05) is 17.8 Å². The molecule has 1 aromatic rings. The third-order valence-electron chi connectivity index (χ3n) is 0.604. The second-order valence-electron chi connectivity index (χ2n) is 1.21. The topological polar surface area (TPSA) is 117 Å². The lowest BCUT2D eigenvalue weighted by Gasteiger charge is -1.78. The maximum absolute atomic E-state index is 7.18. The monoisotopic (exact) mass is 158 g/mol. The summed E-state index contributed by atoms with van der Waals surface area (Å²) in [7, 11) is 0. The third-order valence-corrected chi connectivity index (χ3v) is 0.604. The van der Waals surface area contributed by atoms with E-state index in [9.17, 15) is 0 Å². The van der Waals surface area contributed by atoms with E-state index >= 15 is 0 Å². The van der Waals surface area contributed by atoms with Crippen LogP contribution in [0.4, 0.5) is 11.6 Å². The van der Waals surface area contributed by atoms with E-state index in [1.807, 2.05) is 0 Å². The molecule has 6 nitrogen and oxygen atoms in total. The van der Waals surface area contributed by atoms with E-state index in [1.54, 1.807) is 0 Å². The van der Waals surface area contributed by atoms with E-state index in [-0.39, 0.29) is 5.82 Å². The number of hydrogen-bond acceptors (Lipinski definition) is 6. The third kappa shape index (κ3) is 2.78. The maximum Gasteiger partial charge on any atom is 0.189 e. The van der Waals surface area contributed by atoms with E-state index in [2.05, 4.69) is 28.0 Å². The molecule has 0 aromatic carbocycles. The van der Waals surface area contributed by atoms with Gasteiger partial charge in [0.25, 0.3) is 0 Å². The SMILES string of the molecule is N#CS.Nc1nn[nH]c1N. The summed E-state index contributed by atoms with van der Waals surface area (Å²) in [4.78, 5) is 0. The normalized spacial score (nSPS) is 7.20. The van der Waals surface area contributed by atoms with E-state index in [4.69, 9.17) is 16.7 Å². The van der Waals surface area contributed by atoms with Crippen LogP contribution < -0.4 is 11.5 Å². The van der Waals surface area contributed by atoms with Gasteiger partial charge in [0.15, 0.2) is 11.6 Å². The molecule has 0 aliphatic heterocycles. The van der Waals surface area contributed by atoms with Crippen LogP contribution in [0.5, 0.6) is 0 Å². The Balaban J connectivity index is 0.000000236. The van der Waals surface area contributed by atoms with Gasteiger partial charge in [-0.3, -0.25) is 0 Å².